The summed E-state index contributed by atoms with van der Waals surface area (Å²) in [6.45, 7) is 4.53. The summed E-state index contributed by atoms with van der Waals surface area (Å²) in [6, 6.07) is -3.65. The molecule has 0 aliphatic rings. The standard InChI is InChI=1S/C23H46N6O5S/c1-4-15(2)19(23(33)34)29-22(32)17(10-6-8-13-25)28-21(31)18(11-14-35-3)27-20(30)16(26)9-5-7-12-24/h15-19H,4-14,24-26H2,1-3H3,(H,27,30)(H,28,31)(H,29,32)(H,33,34). The third-order valence-electron chi connectivity index (χ3n) is 5.91. The van der Waals surface area contributed by atoms with Crippen LogP contribution in [-0.2, 0) is 19.2 Å². The van der Waals surface area contributed by atoms with E-state index in [1.807, 2.05) is 13.2 Å². The van der Waals surface area contributed by atoms with Crippen LogP contribution >= 0.6 is 11.8 Å². The van der Waals surface area contributed by atoms with Crippen molar-refractivity contribution in [2.45, 2.75) is 89.4 Å². The fraction of sp³-hybridized carbons (Fsp3) is 0.826. The maximum absolute atomic E-state index is 13.1. The molecule has 0 aromatic carbocycles. The van der Waals surface area contributed by atoms with E-state index in [0.29, 0.717) is 63.8 Å². The third kappa shape index (κ3) is 13.7. The van der Waals surface area contributed by atoms with Crippen molar-refractivity contribution in [1.29, 1.82) is 0 Å². The van der Waals surface area contributed by atoms with E-state index in [9.17, 15) is 24.3 Å². The maximum Gasteiger partial charge on any atom is 0.326 e. The number of carbonyl (C=O) groups is 4. The predicted octanol–water partition coefficient (Wildman–Crippen LogP) is -0.0901. The van der Waals surface area contributed by atoms with Crippen LogP contribution in [0.2, 0.25) is 0 Å². The van der Waals surface area contributed by atoms with Crippen molar-refractivity contribution in [1.82, 2.24) is 16.0 Å². The van der Waals surface area contributed by atoms with Crippen LogP contribution < -0.4 is 33.2 Å². The second kappa shape index (κ2) is 19.3. The summed E-state index contributed by atoms with van der Waals surface area (Å²) in [5, 5.41) is 17.5. The van der Waals surface area contributed by atoms with Gasteiger partial charge in [0.15, 0.2) is 0 Å². The minimum Gasteiger partial charge on any atom is -0.480 e. The zero-order valence-corrected chi connectivity index (χ0v) is 22.2. The van der Waals surface area contributed by atoms with E-state index in [4.69, 9.17) is 17.2 Å². The van der Waals surface area contributed by atoms with Gasteiger partial charge in [0.05, 0.1) is 6.04 Å². The number of aliphatic carboxylic acids is 1. The Balaban J connectivity index is 5.44. The Hall–Kier alpha value is -1.89. The second-order valence-corrected chi connectivity index (χ2v) is 9.77. The smallest absolute Gasteiger partial charge is 0.326 e. The highest BCUT2D eigenvalue weighted by Crippen LogP contribution is 2.10. The van der Waals surface area contributed by atoms with Crippen molar-refractivity contribution < 1.29 is 24.3 Å². The summed E-state index contributed by atoms with van der Waals surface area (Å²) in [5.74, 6) is -2.32. The van der Waals surface area contributed by atoms with E-state index in [-0.39, 0.29) is 5.92 Å². The second-order valence-electron chi connectivity index (χ2n) is 8.79. The number of carboxylic acid groups (broad SMARTS) is 1. The Kier molecular flexibility index (Phi) is 18.3. The van der Waals surface area contributed by atoms with Crippen LogP contribution in [-0.4, -0.2) is 78.1 Å². The number of unbranched alkanes of at least 4 members (excludes halogenated alkanes) is 2. The van der Waals surface area contributed by atoms with Gasteiger partial charge >= 0.3 is 5.97 Å². The largest absolute Gasteiger partial charge is 0.480 e. The number of rotatable bonds is 20. The average Bonchev–Trinajstić information content (AvgIpc) is 2.83. The zero-order valence-electron chi connectivity index (χ0n) is 21.4. The van der Waals surface area contributed by atoms with E-state index < -0.39 is 47.9 Å². The Morgan fingerprint density at radius 3 is 1.86 bits per heavy atom. The maximum atomic E-state index is 13.1. The molecule has 0 saturated heterocycles. The molecule has 12 heteroatoms. The predicted molar refractivity (Wildman–Crippen MR) is 140 cm³/mol. The van der Waals surface area contributed by atoms with Crippen LogP contribution in [0.15, 0.2) is 0 Å². The molecule has 5 atom stereocenters. The molecule has 0 aromatic rings. The molecule has 0 rings (SSSR count). The molecule has 0 spiro atoms. The first kappa shape index (κ1) is 33.1. The Bertz CT molecular complexity index is 654. The normalized spacial score (nSPS) is 15.4. The van der Waals surface area contributed by atoms with Crippen LogP contribution in [0.5, 0.6) is 0 Å². The van der Waals surface area contributed by atoms with Gasteiger partial charge in [-0.15, -0.1) is 0 Å². The van der Waals surface area contributed by atoms with Crippen molar-refractivity contribution >= 4 is 35.5 Å². The molecule has 0 aliphatic heterocycles. The molecule has 10 N–H and O–H groups in total. The molecular formula is C23H46N6O5S. The van der Waals surface area contributed by atoms with Gasteiger partial charge in [0.25, 0.3) is 0 Å². The minimum atomic E-state index is -1.13. The number of thioether (sulfide) groups is 1. The number of amides is 3. The SMILES string of the molecule is CCC(C)C(NC(=O)C(CCCCN)NC(=O)C(CCSC)NC(=O)C(N)CCCCN)C(=O)O. The highest BCUT2D eigenvalue weighted by Gasteiger charge is 2.31. The molecule has 0 radical (unpaired) electrons. The van der Waals surface area contributed by atoms with Crippen molar-refractivity contribution in [3.8, 4) is 0 Å². The van der Waals surface area contributed by atoms with Gasteiger partial charge in [-0.1, -0.05) is 26.7 Å². The molecule has 0 saturated carbocycles. The van der Waals surface area contributed by atoms with E-state index in [1.165, 1.54) is 11.8 Å². The fourth-order valence-electron chi connectivity index (χ4n) is 3.39. The van der Waals surface area contributed by atoms with Crippen LogP contribution in [0.1, 0.15) is 65.2 Å². The van der Waals surface area contributed by atoms with Crippen molar-refractivity contribution in [3.05, 3.63) is 0 Å². The van der Waals surface area contributed by atoms with Gasteiger partial charge in [0, 0.05) is 0 Å². The van der Waals surface area contributed by atoms with Crippen LogP contribution in [0.4, 0.5) is 0 Å². The molecule has 5 unspecified atom stereocenters. The summed E-state index contributed by atoms with van der Waals surface area (Å²) in [7, 11) is 0. The van der Waals surface area contributed by atoms with Gasteiger partial charge in [-0.2, -0.15) is 11.8 Å². The lowest BCUT2D eigenvalue weighted by molar-refractivity contribution is -0.144. The molecule has 0 aliphatic carbocycles. The zero-order chi connectivity index (χ0) is 26.8. The number of carbonyl (C=O) groups excluding carboxylic acids is 3. The summed E-state index contributed by atoms with van der Waals surface area (Å²) >= 11 is 1.52. The molecule has 11 nitrogen and oxygen atoms in total. The molecule has 0 heterocycles. The third-order valence-corrected chi connectivity index (χ3v) is 6.55. The van der Waals surface area contributed by atoms with E-state index >= 15 is 0 Å². The number of hydrogen-bond acceptors (Lipinski definition) is 8. The van der Waals surface area contributed by atoms with Gasteiger partial charge < -0.3 is 38.3 Å². The number of carboxylic acids is 1. The van der Waals surface area contributed by atoms with Crippen molar-refractivity contribution in [2.75, 3.05) is 25.1 Å². The Labute approximate surface area is 213 Å². The highest BCUT2D eigenvalue weighted by atomic mass is 32.2. The molecule has 0 fully saturated rings. The molecular weight excluding hydrogens is 472 g/mol. The molecule has 35 heavy (non-hydrogen) atoms. The van der Waals surface area contributed by atoms with Crippen LogP contribution in [0.25, 0.3) is 0 Å². The van der Waals surface area contributed by atoms with E-state index in [1.54, 1.807) is 6.92 Å². The molecule has 0 bridgehead atoms. The van der Waals surface area contributed by atoms with Gasteiger partial charge in [0.1, 0.15) is 18.1 Å². The van der Waals surface area contributed by atoms with Crippen LogP contribution in [0.3, 0.4) is 0 Å². The molecule has 0 aromatic heterocycles. The highest BCUT2D eigenvalue weighted by molar-refractivity contribution is 7.98. The summed E-state index contributed by atoms with van der Waals surface area (Å²) in [4.78, 5) is 50.3. The molecule has 3 amide bonds. The lowest BCUT2D eigenvalue weighted by Gasteiger charge is -2.26. The summed E-state index contributed by atoms with van der Waals surface area (Å²) in [6.07, 6.45) is 6.24. The van der Waals surface area contributed by atoms with Crippen LogP contribution in [0, 0.1) is 5.92 Å². The summed E-state index contributed by atoms with van der Waals surface area (Å²) < 4.78 is 0. The fourth-order valence-corrected chi connectivity index (χ4v) is 3.87. The van der Waals surface area contributed by atoms with Gasteiger partial charge in [-0.3, -0.25) is 14.4 Å². The number of nitrogens with two attached hydrogens (primary N) is 3. The topological polar surface area (TPSA) is 203 Å². The lowest BCUT2D eigenvalue weighted by Crippen LogP contribution is -2.57. The average molecular weight is 519 g/mol. The van der Waals surface area contributed by atoms with E-state index in [0.717, 1.165) is 6.42 Å². The minimum absolute atomic E-state index is 0.286. The van der Waals surface area contributed by atoms with E-state index in [2.05, 4.69) is 16.0 Å². The monoisotopic (exact) mass is 518 g/mol. The Morgan fingerprint density at radius 2 is 1.34 bits per heavy atom. The van der Waals surface area contributed by atoms with Crippen molar-refractivity contribution in [3.63, 3.8) is 0 Å². The first-order chi connectivity index (χ1) is 16.6. The van der Waals surface area contributed by atoms with Crippen molar-refractivity contribution in [2.24, 2.45) is 23.1 Å². The first-order valence-corrected chi connectivity index (χ1v) is 13.8. The number of hydrogen-bond donors (Lipinski definition) is 7. The quantitative estimate of drug-likeness (QED) is 0.107. The first-order valence-electron chi connectivity index (χ1n) is 12.4. The van der Waals surface area contributed by atoms with Gasteiger partial charge in [-0.25, -0.2) is 4.79 Å². The summed E-state index contributed by atoms with van der Waals surface area (Å²) in [5.41, 5.74) is 17.0. The van der Waals surface area contributed by atoms with Gasteiger partial charge in [0.2, 0.25) is 17.7 Å². The lowest BCUT2D eigenvalue weighted by atomic mass is 9.98. The van der Waals surface area contributed by atoms with Gasteiger partial charge in [-0.05, 0) is 69.5 Å². The molecule has 204 valence electrons. The Morgan fingerprint density at radius 1 is 0.829 bits per heavy atom. The number of nitrogens with one attached hydrogen (secondary N) is 3.